The van der Waals surface area contributed by atoms with E-state index < -0.39 is 0 Å². The van der Waals surface area contributed by atoms with Crippen LogP contribution in [0.5, 0.6) is 0 Å². The molecule has 0 N–H and O–H groups in total. The predicted molar refractivity (Wildman–Crippen MR) is 89.2 cm³/mol. The predicted octanol–water partition coefficient (Wildman–Crippen LogP) is 3.55. The highest BCUT2D eigenvalue weighted by Gasteiger charge is 2.14. The molecule has 0 amide bonds. The van der Waals surface area contributed by atoms with Crippen LogP contribution in [0.3, 0.4) is 0 Å². The van der Waals surface area contributed by atoms with Crippen LogP contribution in [-0.4, -0.2) is 30.0 Å². The second-order valence-electron chi connectivity index (χ2n) is 4.56. The first kappa shape index (κ1) is 13.4. The Morgan fingerprint density at radius 1 is 0.818 bits per heavy atom. The van der Waals surface area contributed by atoms with E-state index in [4.69, 9.17) is 11.6 Å². The molecule has 0 spiro atoms. The summed E-state index contributed by atoms with van der Waals surface area (Å²) < 4.78 is 3.71. The molecule has 4 rings (SSSR count). The van der Waals surface area contributed by atoms with Crippen molar-refractivity contribution in [3.8, 4) is 0 Å². The van der Waals surface area contributed by atoms with Gasteiger partial charge in [0.15, 0.2) is 5.16 Å². The summed E-state index contributed by atoms with van der Waals surface area (Å²) in [6.07, 6.45) is 0. The van der Waals surface area contributed by atoms with E-state index in [-0.39, 0.29) is 0 Å². The Labute approximate surface area is 138 Å². The fraction of sp³-hybridized carbons (Fsp3) is 0. The quantitative estimate of drug-likeness (QED) is 0.537. The van der Waals surface area contributed by atoms with Crippen molar-refractivity contribution in [3.05, 3.63) is 48.5 Å². The van der Waals surface area contributed by atoms with Crippen molar-refractivity contribution in [2.45, 2.75) is 0 Å². The van der Waals surface area contributed by atoms with Gasteiger partial charge in [-0.2, -0.15) is 4.68 Å². The zero-order valence-electron chi connectivity index (χ0n) is 11.1. The minimum Gasteiger partial charge on any atom is -0.203 e. The molecule has 0 bridgehead atoms. The Morgan fingerprint density at radius 3 is 1.95 bits per heavy atom. The third-order valence-corrected chi connectivity index (χ3v) is 4.52. The molecular formula is C14H8BrClN6. The lowest BCUT2D eigenvalue weighted by Crippen LogP contribution is -2.01. The molecule has 0 atom stereocenters. The van der Waals surface area contributed by atoms with Crippen LogP contribution in [0.4, 0.5) is 0 Å². The molecule has 22 heavy (non-hydrogen) atoms. The molecule has 0 saturated carbocycles. The van der Waals surface area contributed by atoms with E-state index in [1.807, 2.05) is 48.5 Å². The van der Waals surface area contributed by atoms with Crippen LogP contribution < -0.4 is 0 Å². The van der Waals surface area contributed by atoms with Gasteiger partial charge in [0.1, 0.15) is 15.6 Å². The zero-order valence-corrected chi connectivity index (χ0v) is 13.4. The number of fused-ring (bicyclic) bond motifs is 2. The second-order valence-corrected chi connectivity index (χ2v) is 5.67. The Kier molecular flexibility index (Phi) is 3.16. The zero-order chi connectivity index (χ0) is 15.1. The van der Waals surface area contributed by atoms with Gasteiger partial charge >= 0.3 is 0 Å². The molecule has 0 unspecified atom stereocenters. The minimum atomic E-state index is 0.351. The third-order valence-electron chi connectivity index (χ3n) is 3.25. The van der Waals surface area contributed by atoms with E-state index in [1.165, 1.54) is 0 Å². The van der Waals surface area contributed by atoms with Crippen molar-refractivity contribution in [1.29, 1.82) is 0 Å². The van der Waals surface area contributed by atoms with Gasteiger partial charge in [0.2, 0.25) is 0 Å². The van der Waals surface area contributed by atoms with Crippen molar-refractivity contribution < 1.29 is 0 Å². The highest BCUT2D eigenvalue weighted by Crippen LogP contribution is 2.29. The van der Waals surface area contributed by atoms with Crippen molar-refractivity contribution in [1.82, 2.24) is 30.0 Å². The lowest BCUT2D eigenvalue weighted by atomic mass is 10.3. The standard InChI is InChI=1S/C14H8BrClN6/c15-13(21-11-7-3-1-5-9(11)17-19-21)14(16)22-12-8-4-2-6-10(12)18-20-22/h1-8H. The first-order valence-electron chi connectivity index (χ1n) is 6.42. The van der Waals surface area contributed by atoms with Gasteiger partial charge in [-0.05, 0) is 40.2 Å². The fourth-order valence-electron chi connectivity index (χ4n) is 2.20. The summed E-state index contributed by atoms with van der Waals surface area (Å²) >= 11 is 9.95. The van der Waals surface area contributed by atoms with E-state index in [0.717, 1.165) is 22.1 Å². The van der Waals surface area contributed by atoms with Crippen LogP contribution >= 0.6 is 27.5 Å². The number of rotatable bonds is 2. The number of benzene rings is 2. The second kappa shape index (κ2) is 5.19. The third kappa shape index (κ3) is 2.01. The summed E-state index contributed by atoms with van der Waals surface area (Å²) in [4.78, 5) is 0. The first-order valence-corrected chi connectivity index (χ1v) is 7.60. The van der Waals surface area contributed by atoms with E-state index >= 15 is 0 Å². The van der Waals surface area contributed by atoms with Gasteiger partial charge in [-0.1, -0.05) is 46.3 Å². The van der Waals surface area contributed by atoms with Crippen LogP contribution in [0, 0.1) is 0 Å². The Balaban J connectivity index is 1.93. The molecule has 2 heterocycles. The SMILES string of the molecule is ClC(=C(Br)n1nnc2ccccc21)n1nnc2ccccc21. The molecule has 0 aliphatic heterocycles. The molecule has 8 heteroatoms. The molecule has 6 nitrogen and oxygen atoms in total. The first-order chi connectivity index (χ1) is 10.8. The Hall–Kier alpha value is -2.25. The van der Waals surface area contributed by atoms with Gasteiger partial charge in [0, 0.05) is 0 Å². The van der Waals surface area contributed by atoms with E-state index in [9.17, 15) is 0 Å². The summed E-state index contributed by atoms with van der Waals surface area (Å²) in [5.74, 6) is 0. The van der Waals surface area contributed by atoms with Crippen LogP contribution in [0.2, 0.25) is 0 Å². The molecule has 0 aliphatic carbocycles. The number of halogens is 2. The lowest BCUT2D eigenvalue weighted by Gasteiger charge is -2.05. The largest absolute Gasteiger partial charge is 0.203 e. The molecular weight excluding hydrogens is 368 g/mol. The lowest BCUT2D eigenvalue weighted by molar-refractivity contribution is 0.832. The Bertz CT molecular complexity index is 936. The van der Waals surface area contributed by atoms with Gasteiger partial charge in [-0.3, -0.25) is 0 Å². The summed E-state index contributed by atoms with van der Waals surface area (Å²) in [6, 6.07) is 15.2. The average molecular weight is 376 g/mol. The van der Waals surface area contributed by atoms with E-state index in [2.05, 4.69) is 36.6 Å². The number of hydrogen-bond acceptors (Lipinski definition) is 4. The molecule has 0 saturated heterocycles. The van der Waals surface area contributed by atoms with Gasteiger partial charge in [0.05, 0.1) is 11.0 Å². The van der Waals surface area contributed by atoms with Crippen LogP contribution in [0.25, 0.3) is 31.8 Å². The molecule has 2 aromatic heterocycles. The average Bonchev–Trinajstić information content (AvgIpc) is 3.17. The van der Waals surface area contributed by atoms with Gasteiger partial charge < -0.3 is 0 Å². The van der Waals surface area contributed by atoms with Crippen molar-refractivity contribution in [3.63, 3.8) is 0 Å². The van der Waals surface area contributed by atoms with Crippen molar-refractivity contribution >= 4 is 59.4 Å². The monoisotopic (exact) mass is 374 g/mol. The van der Waals surface area contributed by atoms with Crippen LogP contribution in [0.1, 0.15) is 0 Å². The molecule has 4 aromatic rings. The fourth-order valence-corrected chi connectivity index (χ4v) is 2.84. The van der Waals surface area contributed by atoms with Crippen molar-refractivity contribution in [2.75, 3.05) is 0 Å². The smallest absolute Gasteiger partial charge is 0.165 e. The summed E-state index contributed by atoms with van der Waals surface area (Å²) in [5.41, 5.74) is 3.21. The highest BCUT2D eigenvalue weighted by atomic mass is 79.9. The summed E-state index contributed by atoms with van der Waals surface area (Å²) in [7, 11) is 0. The number of para-hydroxylation sites is 2. The highest BCUT2D eigenvalue weighted by molar-refractivity contribution is 9.15. The normalized spacial score (nSPS) is 12.8. The molecule has 108 valence electrons. The maximum atomic E-state index is 6.47. The molecule has 0 aliphatic rings. The van der Waals surface area contributed by atoms with Crippen LogP contribution in [0.15, 0.2) is 48.5 Å². The van der Waals surface area contributed by atoms with Gasteiger partial charge in [-0.25, -0.2) is 4.68 Å². The topological polar surface area (TPSA) is 61.4 Å². The summed E-state index contributed by atoms with van der Waals surface area (Å²) in [6.45, 7) is 0. The number of nitrogens with zero attached hydrogens (tertiary/aromatic N) is 6. The molecule has 2 aromatic carbocycles. The van der Waals surface area contributed by atoms with Crippen molar-refractivity contribution in [2.24, 2.45) is 0 Å². The number of hydrogen-bond donors (Lipinski definition) is 0. The minimum absolute atomic E-state index is 0.351. The molecule has 0 radical (unpaired) electrons. The van der Waals surface area contributed by atoms with E-state index in [1.54, 1.807) is 9.36 Å². The maximum Gasteiger partial charge on any atom is 0.165 e. The van der Waals surface area contributed by atoms with Gasteiger partial charge in [0.25, 0.3) is 0 Å². The molecule has 0 fully saturated rings. The van der Waals surface area contributed by atoms with E-state index in [0.29, 0.717) is 9.76 Å². The number of aromatic nitrogens is 6. The maximum absolute atomic E-state index is 6.47. The van der Waals surface area contributed by atoms with Crippen LogP contribution in [-0.2, 0) is 0 Å². The Morgan fingerprint density at radius 2 is 1.32 bits per heavy atom. The van der Waals surface area contributed by atoms with Gasteiger partial charge in [-0.15, -0.1) is 10.2 Å². The summed E-state index contributed by atoms with van der Waals surface area (Å²) in [5, 5.41) is 16.8.